The highest BCUT2D eigenvalue weighted by Gasteiger charge is 2.23. The van der Waals surface area contributed by atoms with Crippen molar-refractivity contribution in [2.45, 2.75) is 12.8 Å². The molecule has 0 saturated carbocycles. The van der Waals surface area contributed by atoms with Gasteiger partial charge in [0.1, 0.15) is 11.5 Å². The Morgan fingerprint density at radius 3 is 1.46 bits per heavy atom. The van der Waals surface area contributed by atoms with Crippen LogP contribution < -0.4 is 0 Å². The van der Waals surface area contributed by atoms with E-state index in [1.54, 1.807) is 0 Å². The number of nitrogens with zero attached hydrogens (tertiary/aromatic N) is 5. The van der Waals surface area contributed by atoms with Crippen LogP contribution in [0.25, 0.3) is 95.1 Å². The van der Waals surface area contributed by atoms with Gasteiger partial charge in [-0.2, -0.15) is 0 Å². The predicted octanol–water partition coefficient (Wildman–Crippen LogP) is 13.9. The molecule has 11 rings (SSSR count). The number of allylic oxidation sites excluding steroid dienone is 4. The van der Waals surface area contributed by atoms with Gasteiger partial charge in [0.25, 0.3) is 0 Å². The van der Waals surface area contributed by atoms with Gasteiger partial charge in [0.05, 0.1) is 17.1 Å². The average Bonchev–Trinajstić information content (AvgIpc) is 3.69. The SMILES string of the molecule is C1=C(c2cc(-c3cccc(-c4ccccc4)c3)nc(-c3cccc(-c4ccccc4)c3)n2)CCC(c2nc(-c3ccccc3)n3c(-c4ccccc4)c4ccccc4c3n2)=C1. The van der Waals surface area contributed by atoms with Gasteiger partial charge in [0.2, 0.25) is 0 Å². The van der Waals surface area contributed by atoms with Gasteiger partial charge in [-0.05, 0) is 70.0 Å². The summed E-state index contributed by atoms with van der Waals surface area (Å²) in [7, 11) is 0. The third kappa shape index (κ3) is 6.92. The first-order valence-corrected chi connectivity index (χ1v) is 20.8. The molecule has 0 amide bonds. The molecule has 1 aliphatic rings. The summed E-state index contributed by atoms with van der Waals surface area (Å²) in [4.78, 5) is 21.3. The zero-order valence-corrected chi connectivity index (χ0v) is 33.4. The molecule has 0 saturated heterocycles. The van der Waals surface area contributed by atoms with E-state index in [1.165, 1.54) is 5.56 Å². The second-order valence-corrected chi connectivity index (χ2v) is 15.4. The monoisotopic (exact) mass is 781 g/mol. The third-order valence-corrected chi connectivity index (χ3v) is 11.6. The molecule has 7 aromatic carbocycles. The first-order valence-electron chi connectivity index (χ1n) is 20.8. The molecule has 0 fully saturated rings. The van der Waals surface area contributed by atoms with Crippen LogP contribution in [0.15, 0.2) is 212 Å². The maximum absolute atomic E-state index is 5.38. The number of rotatable bonds is 8. The summed E-state index contributed by atoms with van der Waals surface area (Å²) in [6.07, 6.45) is 5.94. The summed E-state index contributed by atoms with van der Waals surface area (Å²) < 4.78 is 2.24. The molecule has 5 heteroatoms. The van der Waals surface area contributed by atoms with Gasteiger partial charge in [-0.3, -0.25) is 4.40 Å². The molecule has 0 bridgehead atoms. The van der Waals surface area contributed by atoms with Crippen molar-refractivity contribution >= 4 is 27.6 Å². The minimum atomic E-state index is 0.696. The molecule has 1 aliphatic carbocycles. The fourth-order valence-corrected chi connectivity index (χ4v) is 8.51. The van der Waals surface area contributed by atoms with E-state index < -0.39 is 0 Å². The molecular weight excluding hydrogens is 743 g/mol. The number of aromatic nitrogens is 5. The van der Waals surface area contributed by atoms with E-state index in [2.05, 4.69) is 205 Å². The lowest BCUT2D eigenvalue weighted by molar-refractivity contribution is 0.976. The van der Waals surface area contributed by atoms with Crippen molar-refractivity contribution in [3.8, 4) is 67.5 Å². The molecule has 3 aromatic heterocycles. The second kappa shape index (κ2) is 15.6. The highest BCUT2D eigenvalue weighted by atomic mass is 15.1. The van der Waals surface area contributed by atoms with Crippen LogP contribution in [0.4, 0.5) is 0 Å². The lowest BCUT2D eigenvalue weighted by Gasteiger charge is -2.17. The molecule has 5 nitrogen and oxygen atoms in total. The van der Waals surface area contributed by atoms with Gasteiger partial charge >= 0.3 is 0 Å². The van der Waals surface area contributed by atoms with Crippen LogP contribution in [0, 0.1) is 0 Å². The number of fused-ring (bicyclic) bond motifs is 3. The largest absolute Gasteiger partial charge is 0.277 e. The Kier molecular flexibility index (Phi) is 9.24. The van der Waals surface area contributed by atoms with Crippen LogP contribution in [0.3, 0.4) is 0 Å². The molecule has 0 aliphatic heterocycles. The van der Waals surface area contributed by atoms with Gasteiger partial charge in [0.15, 0.2) is 11.6 Å². The van der Waals surface area contributed by atoms with Gasteiger partial charge in [-0.1, -0.05) is 194 Å². The summed E-state index contributed by atoms with van der Waals surface area (Å²) in [6, 6.07) is 69.9. The second-order valence-electron chi connectivity index (χ2n) is 15.4. The van der Waals surface area contributed by atoms with Crippen molar-refractivity contribution in [1.82, 2.24) is 24.3 Å². The van der Waals surface area contributed by atoms with Gasteiger partial charge in [-0.25, -0.2) is 19.9 Å². The first-order chi connectivity index (χ1) is 30.2. The number of hydrogen-bond donors (Lipinski definition) is 0. The average molecular weight is 782 g/mol. The fraction of sp³-hybridized carbons (Fsp3) is 0.0357. The maximum Gasteiger partial charge on any atom is 0.160 e. The van der Waals surface area contributed by atoms with Crippen LogP contribution in [0.1, 0.15) is 24.4 Å². The first kappa shape index (κ1) is 36.1. The van der Waals surface area contributed by atoms with Crippen LogP contribution in [-0.2, 0) is 0 Å². The molecule has 0 atom stereocenters. The van der Waals surface area contributed by atoms with E-state index >= 15 is 0 Å². The van der Waals surface area contributed by atoms with E-state index in [-0.39, 0.29) is 0 Å². The summed E-state index contributed by atoms with van der Waals surface area (Å²) in [5, 5.41) is 2.25. The maximum atomic E-state index is 5.38. The van der Waals surface area contributed by atoms with Crippen molar-refractivity contribution in [2.24, 2.45) is 0 Å². The lowest BCUT2D eigenvalue weighted by Crippen LogP contribution is -2.06. The molecule has 61 heavy (non-hydrogen) atoms. The Balaban J connectivity index is 1.04. The van der Waals surface area contributed by atoms with E-state index in [9.17, 15) is 0 Å². The Hall–Kier alpha value is -8.02. The van der Waals surface area contributed by atoms with E-state index in [4.69, 9.17) is 19.9 Å². The minimum Gasteiger partial charge on any atom is -0.277 e. The molecular formula is C56H39N5. The minimum absolute atomic E-state index is 0.696. The highest BCUT2D eigenvalue weighted by molar-refractivity contribution is 6.06. The standard InChI is InChI=1S/C56H39N5/c1-5-17-38(18-6-1)44-25-15-27-46(35-44)51-37-50(57-54(58-51)47-28-16-26-45(36-47)39-19-7-2-8-20-39)40-31-33-42(34-32-40)53-59-55(43-23-11-4-12-24-43)61-52(41-21-9-3-10-22-41)48-29-13-14-30-49(48)56(61)60-53/h1-31,33,35-37H,32,34H2. The zero-order valence-electron chi connectivity index (χ0n) is 33.4. The van der Waals surface area contributed by atoms with Gasteiger partial charge in [-0.15, -0.1) is 0 Å². The molecule has 288 valence electrons. The topological polar surface area (TPSA) is 56.0 Å². The number of benzene rings is 7. The molecule has 0 unspecified atom stereocenters. The van der Waals surface area contributed by atoms with Gasteiger partial charge < -0.3 is 0 Å². The molecule has 0 radical (unpaired) electrons. The smallest absolute Gasteiger partial charge is 0.160 e. The Bertz CT molecular complexity index is 3180. The molecule has 10 aromatic rings. The van der Waals surface area contributed by atoms with Crippen molar-refractivity contribution in [1.29, 1.82) is 0 Å². The van der Waals surface area contributed by atoms with Crippen LogP contribution in [0.5, 0.6) is 0 Å². The number of hydrogen-bond acceptors (Lipinski definition) is 4. The van der Waals surface area contributed by atoms with Gasteiger partial charge in [0, 0.05) is 27.5 Å². The lowest BCUT2D eigenvalue weighted by atomic mass is 9.94. The molecule has 3 heterocycles. The Morgan fingerprint density at radius 2 is 0.820 bits per heavy atom. The van der Waals surface area contributed by atoms with Crippen molar-refractivity contribution in [2.75, 3.05) is 0 Å². The van der Waals surface area contributed by atoms with E-state index in [0.717, 1.165) is 108 Å². The Labute approximate surface area is 354 Å². The fourth-order valence-electron chi connectivity index (χ4n) is 8.51. The van der Waals surface area contributed by atoms with Crippen LogP contribution in [-0.4, -0.2) is 24.3 Å². The summed E-state index contributed by atoms with van der Waals surface area (Å²) in [6.45, 7) is 0. The normalized spacial score (nSPS) is 12.7. The van der Waals surface area contributed by atoms with Crippen LogP contribution >= 0.6 is 0 Å². The Morgan fingerprint density at radius 1 is 0.328 bits per heavy atom. The predicted molar refractivity (Wildman–Crippen MR) is 250 cm³/mol. The molecule has 0 spiro atoms. The summed E-state index contributed by atoms with van der Waals surface area (Å²) in [5.74, 6) is 2.30. The zero-order chi connectivity index (χ0) is 40.5. The summed E-state index contributed by atoms with van der Waals surface area (Å²) in [5.41, 5.74) is 14.8. The third-order valence-electron chi connectivity index (χ3n) is 11.6. The highest BCUT2D eigenvalue weighted by Crippen LogP contribution is 2.39. The van der Waals surface area contributed by atoms with Crippen molar-refractivity contribution in [3.63, 3.8) is 0 Å². The quantitative estimate of drug-likeness (QED) is 0.154. The van der Waals surface area contributed by atoms with E-state index in [0.29, 0.717) is 5.82 Å². The summed E-state index contributed by atoms with van der Waals surface area (Å²) >= 11 is 0. The van der Waals surface area contributed by atoms with Crippen molar-refractivity contribution in [3.05, 3.63) is 224 Å². The van der Waals surface area contributed by atoms with Crippen LogP contribution in [0.2, 0.25) is 0 Å². The van der Waals surface area contributed by atoms with Crippen molar-refractivity contribution < 1.29 is 0 Å². The van der Waals surface area contributed by atoms with E-state index in [1.807, 2.05) is 12.1 Å². The molecule has 0 N–H and O–H groups in total.